The van der Waals surface area contributed by atoms with Crippen LogP contribution in [0.15, 0.2) is 35.7 Å². The summed E-state index contributed by atoms with van der Waals surface area (Å²) in [6.45, 7) is 2.80. The van der Waals surface area contributed by atoms with Gasteiger partial charge in [0.1, 0.15) is 17.5 Å². The van der Waals surface area contributed by atoms with Crippen molar-refractivity contribution in [1.29, 1.82) is 0 Å². The molecular weight excluding hydrogens is 402 g/mol. The lowest BCUT2D eigenvalue weighted by atomic mass is 9.99. The minimum Gasteiger partial charge on any atom is -0.495 e. The van der Waals surface area contributed by atoms with Crippen molar-refractivity contribution in [3.8, 4) is 5.75 Å². The summed E-state index contributed by atoms with van der Waals surface area (Å²) < 4.78 is 5.38. The van der Waals surface area contributed by atoms with Gasteiger partial charge in [0, 0.05) is 12.6 Å². The van der Waals surface area contributed by atoms with Crippen molar-refractivity contribution >= 4 is 35.3 Å². The van der Waals surface area contributed by atoms with Crippen LogP contribution < -0.4 is 9.64 Å². The first-order chi connectivity index (χ1) is 14.6. The maximum Gasteiger partial charge on any atom is 0.332 e. The van der Waals surface area contributed by atoms with Crippen LogP contribution in [0.1, 0.15) is 32.6 Å². The van der Waals surface area contributed by atoms with Gasteiger partial charge >= 0.3 is 6.03 Å². The number of piperidine rings is 1. The van der Waals surface area contributed by atoms with Gasteiger partial charge in [-0.2, -0.15) is 0 Å². The first-order valence-electron chi connectivity index (χ1n) is 10.5. The topological polar surface area (TPSA) is 70.2 Å². The van der Waals surface area contributed by atoms with E-state index in [2.05, 4.69) is 6.92 Å². The van der Waals surface area contributed by atoms with Crippen LogP contribution in [0.2, 0.25) is 0 Å². The molecule has 4 amide bonds. The Hall–Kier alpha value is -2.48. The Morgan fingerprint density at radius 2 is 2.03 bits per heavy atom. The predicted octanol–water partition coefficient (Wildman–Crippen LogP) is 3.25. The smallest absolute Gasteiger partial charge is 0.332 e. The Balaban J connectivity index is 1.63. The molecular formula is C22H27N3O4S. The summed E-state index contributed by atoms with van der Waals surface area (Å²) in [7, 11) is 1.51. The number of anilines is 1. The van der Waals surface area contributed by atoms with Crippen LogP contribution in [0.5, 0.6) is 5.75 Å². The maximum absolute atomic E-state index is 13.5. The molecule has 0 N–H and O–H groups in total. The third kappa shape index (κ3) is 3.57. The Morgan fingerprint density at radius 1 is 1.23 bits per heavy atom. The molecule has 2 fully saturated rings. The fourth-order valence-electron chi connectivity index (χ4n) is 4.54. The fraction of sp³-hybridized carbons (Fsp3) is 0.500. The Kier molecular flexibility index (Phi) is 6.04. The molecule has 3 aliphatic heterocycles. The number of rotatable bonds is 5. The molecule has 0 spiro atoms. The summed E-state index contributed by atoms with van der Waals surface area (Å²) >= 11 is 1.39. The number of imide groups is 1. The van der Waals surface area contributed by atoms with E-state index in [4.69, 9.17) is 4.74 Å². The SMILES string of the molecule is CCC1CCCCN1C(=O)CN1C(=O)N(c2ccccc2OC)C(=O)C2SC=CC21. The monoisotopic (exact) mass is 429 g/mol. The second kappa shape index (κ2) is 8.71. The minimum absolute atomic E-state index is 0.0275. The maximum atomic E-state index is 13.5. The van der Waals surface area contributed by atoms with Crippen molar-refractivity contribution in [3.05, 3.63) is 35.7 Å². The summed E-state index contributed by atoms with van der Waals surface area (Å²) in [6, 6.07) is 6.31. The molecule has 1 aromatic rings. The number of hydrogen-bond donors (Lipinski definition) is 0. The number of methoxy groups -OCH3 is 1. The van der Waals surface area contributed by atoms with Crippen LogP contribution in [0.25, 0.3) is 0 Å². The Labute approximate surface area is 181 Å². The van der Waals surface area contributed by atoms with Gasteiger partial charge in [0.05, 0.1) is 18.8 Å². The van der Waals surface area contributed by atoms with Crippen LogP contribution in [0, 0.1) is 0 Å². The van der Waals surface area contributed by atoms with E-state index in [1.807, 2.05) is 16.4 Å². The number of ether oxygens (including phenoxy) is 1. The highest BCUT2D eigenvalue weighted by Crippen LogP contribution is 2.39. The summed E-state index contributed by atoms with van der Waals surface area (Å²) in [5.41, 5.74) is 0.405. The zero-order chi connectivity index (χ0) is 21.3. The number of carbonyl (C=O) groups excluding carboxylic acids is 3. The second-order valence-electron chi connectivity index (χ2n) is 7.78. The number of nitrogens with zero attached hydrogens (tertiary/aromatic N) is 3. The first kappa shape index (κ1) is 20.8. The molecule has 0 bridgehead atoms. The van der Waals surface area contributed by atoms with Crippen LogP contribution >= 0.6 is 11.8 Å². The van der Waals surface area contributed by atoms with E-state index >= 15 is 0 Å². The molecule has 0 saturated carbocycles. The van der Waals surface area contributed by atoms with Gasteiger partial charge in [0.15, 0.2) is 0 Å². The molecule has 3 atom stereocenters. The van der Waals surface area contributed by atoms with Crippen molar-refractivity contribution in [2.45, 2.75) is 49.9 Å². The number of benzene rings is 1. The summed E-state index contributed by atoms with van der Waals surface area (Å²) in [5, 5.41) is 1.39. The van der Waals surface area contributed by atoms with Crippen molar-refractivity contribution in [2.24, 2.45) is 0 Å². The van der Waals surface area contributed by atoms with Gasteiger partial charge in [-0.15, -0.1) is 11.8 Å². The standard InChI is InChI=1S/C22H27N3O4S/c1-3-15-8-6-7-12-23(15)19(26)14-24-17-11-13-30-20(17)21(27)25(22(24)28)16-9-4-5-10-18(16)29-2/h4-5,9-11,13,15,17,20H,3,6-8,12,14H2,1-2H3. The number of amides is 4. The molecule has 3 unspecified atom stereocenters. The predicted molar refractivity (Wildman–Crippen MR) is 117 cm³/mol. The molecule has 3 heterocycles. The van der Waals surface area contributed by atoms with E-state index in [0.717, 1.165) is 32.2 Å². The highest BCUT2D eigenvalue weighted by Gasteiger charge is 2.49. The number of likely N-dealkylation sites (tertiary alicyclic amines) is 1. The Bertz CT molecular complexity index is 874. The van der Waals surface area contributed by atoms with Crippen molar-refractivity contribution in [3.63, 3.8) is 0 Å². The number of carbonyl (C=O) groups is 3. The molecule has 7 nitrogen and oxygen atoms in total. The van der Waals surface area contributed by atoms with E-state index in [1.54, 1.807) is 29.2 Å². The number of fused-ring (bicyclic) bond motifs is 1. The van der Waals surface area contributed by atoms with Crippen LogP contribution in [0.3, 0.4) is 0 Å². The van der Waals surface area contributed by atoms with Gasteiger partial charge < -0.3 is 14.5 Å². The number of para-hydroxylation sites is 2. The van der Waals surface area contributed by atoms with E-state index < -0.39 is 17.3 Å². The summed E-state index contributed by atoms with van der Waals surface area (Å²) in [6.07, 6.45) is 5.89. The molecule has 8 heteroatoms. The van der Waals surface area contributed by atoms with Gasteiger partial charge in [-0.25, -0.2) is 9.69 Å². The number of urea groups is 1. The molecule has 0 aromatic heterocycles. The molecule has 30 heavy (non-hydrogen) atoms. The molecule has 1 aromatic carbocycles. The first-order valence-corrected chi connectivity index (χ1v) is 11.4. The highest BCUT2D eigenvalue weighted by atomic mass is 32.2. The minimum atomic E-state index is -0.476. The van der Waals surface area contributed by atoms with Gasteiger partial charge in [0.25, 0.3) is 5.91 Å². The lowest BCUT2D eigenvalue weighted by Gasteiger charge is -2.43. The van der Waals surface area contributed by atoms with Crippen molar-refractivity contribution in [2.75, 3.05) is 25.1 Å². The van der Waals surface area contributed by atoms with Gasteiger partial charge in [-0.3, -0.25) is 9.59 Å². The largest absolute Gasteiger partial charge is 0.495 e. The fourth-order valence-corrected chi connectivity index (χ4v) is 5.58. The van der Waals surface area contributed by atoms with Crippen molar-refractivity contribution < 1.29 is 19.1 Å². The van der Waals surface area contributed by atoms with E-state index in [1.165, 1.54) is 23.8 Å². The van der Waals surface area contributed by atoms with Gasteiger partial charge in [0.2, 0.25) is 5.91 Å². The summed E-state index contributed by atoms with van der Waals surface area (Å²) in [5.74, 6) is 0.118. The van der Waals surface area contributed by atoms with Crippen LogP contribution in [-0.4, -0.2) is 65.2 Å². The van der Waals surface area contributed by atoms with E-state index in [-0.39, 0.29) is 24.4 Å². The zero-order valence-corrected chi connectivity index (χ0v) is 18.1. The third-order valence-electron chi connectivity index (χ3n) is 6.12. The average Bonchev–Trinajstić information content (AvgIpc) is 3.27. The molecule has 0 aliphatic carbocycles. The normalized spacial score (nSPS) is 26.2. The van der Waals surface area contributed by atoms with Crippen LogP contribution in [-0.2, 0) is 9.59 Å². The molecule has 2 saturated heterocycles. The van der Waals surface area contributed by atoms with Crippen molar-refractivity contribution in [1.82, 2.24) is 9.80 Å². The highest BCUT2D eigenvalue weighted by molar-refractivity contribution is 8.03. The average molecular weight is 430 g/mol. The van der Waals surface area contributed by atoms with Crippen LogP contribution in [0.4, 0.5) is 10.5 Å². The lowest BCUT2D eigenvalue weighted by Crippen LogP contribution is -2.64. The lowest BCUT2D eigenvalue weighted by molar-refractivity contribution is -0.136. The van der Waals surface area contributed by atoms with Gasteiger partial charge in [-0.1, -0.05) is 25.1 Å². The molecule has 4 rings (SSSR count). The number of thioether (sulfide) groups is 1. The number of hydrogen-bond acceptors (Lipinski definition) is 5. The van der Waals surface area contributed by atoms with E-state index in [9.17, 15) is 14.4 Å². The molecule has 160 valence electrons. The summed E-state index contributed by atoms with van der Waals surface area (Å²) in [4.78, 5) is 44.5. The Morgan fingerprint density at radius 3 is 2.80 bits per heavy atom. The molecule has 3 aliphatic rings. The second-order valence-corrected chi connectivity index (χ2v) is 8.83. The third-order valence-corrected chi connectivity index (χ3v) is 7.21. The quantitative estimate of drug-likeness (QED) is 0.719. The molecule has 0 radical (unpaired) electrons. The van der Waals surface area contributed by atoms with Gasteiger partial charge in [-0.05, 0) is 43.2 Å². The zero-order valence-electron chi connectivity index (χ0n) is 17.3. The van der Waals surface area contributed by atoms with E-state index in [0.29, 0.717) is 11.4 Å².